The van der Waals surface area contributed by atoms with Gasteiger partial charge in [0.25, 0.3) is 0 Å². The van der Waals surface area contributed by atoms with Crippen LogP contribution in [0, 0.1) is 0 Å². The largest absolute Gasteiger partial charge is 0.489 e. The summed E-state index contributed by atoms with van der Waals surface area (Å²) in [5.74, 6) is 0.710. The molecule has 142 valence electrons. The van der Waals surface area contributed by atoms with Crippen LogP contribution in [0.4, 0.5) is 0 Å². The molecule has 4 heteroatoms. The van der Waals surface area contributed by atoms with E-state index in [0.717, 1.165) is 35.1 Å². The fourth-order valence-electron chi connectivity index (χ4n) is 3.38. The first-order valence-electron chi connectivity index (χ1n) is 9.64. The Morgan fingerprint density at radius 2 is 1.89 bits per heavy atom. The van der Waals surface area contributed by atoms with Gasteiger partial charge in [-0.25, -0.2) is 0 Å². The molecule has 1 unspecified atom stereocenters. The number of carbonyl (C=O) groups is 1. The maximum Gasteiger partial charge on any atom is 0.307 e. The summed E-state index contributed by atoms with van der Waals surface area (Å²) in [5, 5.41) is 1.12. The SMILES string of the molecule is CCCC(CC(=O)OCC)n1ccc2cc(OCc3ccccc3)ccc21. The van der Waals surface area contributed by atoms with Crippen molar-refractivity contribution in [3.63, 3.8) is 0 Å². The molecule has 0 aliphatic heterocycles. The van der Waals surface area contributed by atoms with Crippen LogP contribution in [0.1, 0.15) is 44.7 Å². The molecular formula is C23H27NO3. The van der Waals surface area contributed by atoms with Gasteiger partial charge in [0.05, 0.1) is 13.0 Å². The number of aromatic nitrogens is 1. The van der Waals surface area contributed by atoms with Gasteiger partial charge in [-0.1, -0.05) is 43.7 Å². The third-order valence-corrected chi connectivity index (χ3v) is 4.66. The van der Waals surface area contributed by atoms with E-state index in [1.165, 1.54) is 0 Å². The standard InChI is InChI=1S/C23H27NO3/c1-3-8-20(16-23(25)26-4-2)24-14-13-19-15-21(11-12-22(19)24)27-17-18-9-6-5-7-10-18/h5-7,9-15,20H,3-4,8,16-17H2,1-2H3. The number of hydrogen-bond donors (Lipinski definition) is 0. The number of hydrogen-bond acceptors (Lipinski definition) is 3. The number of fused-ring (bicyclic) bond motifs is 1. The van der Waals surface area contributed by atoms with Gasteiger partial charge in [0.1, 0.15) is 12.4 Å². The van der Waals surface area contributed by atoms with Crippen LogP contribution in [0.25, 0.3) is 10.9 Å². The Morgan fingerprint density at radius 3 is 2.63 bits per heavy atom. The molecule has 1 heterocycles. The second kappa shape index (κ2) is 9.26. The zero-order valence-corrected chi connectivity index (χ0v) is 16.1. The molecule has 0 N–H and O–H groups in total. The van der Waals surface area contributed by atoms with Gasteiger partial charge < -0.3 is 14.0 Å². The summed E-state index contributed by atoms with van der Waals surface area (Å²) >= 11 is 0. The lowest BCUT2D eigenvalue weighted by molar-refractivity contribution is -0.144. The molecule has 3 rings (SSSR count). The summed E-state index contributed by atoms with van der Waals surface area (Å²) in [6.45, 7) is 4.95. The Labute approximate surface area is 160 Å². The zero-order valence-electron chi connectivity index (χ0n) is 16.1. The van der Waals surface area contributed by atoms with Crippen LogP contribution in [0.15, 0.2) is 60.8 Å². The van der Waals surface area contributed by atoms with Gasteiger partial charge in [-0.05, 0) is 43.2 Å². The number of rotatable bonds is 9. The van der Waals surface area contributed by atoms with Crippen molar-refractivity contribution in [3.8, 4) is 5.75 Å². The summed E-state index contributed by atoms with van der Waals surface area (Å²) in [4.78, 5) is 12.0. The Balaban J connectivity index is 1.76. The summed E-state index contributed by atoms with van der Waals surface area (Å²) in [6.07, 6.45) is 4.42. The Hall–Kier alpha value is -2.75. The molecule has 0 bridgehead atoms. The molecule has 0 aliphatic rings. The molecule has 1 aromatic heterocycles. The van der Waals surface area contributed by atoms with Crippen molar-refractivity contribution >= 4 is 16.9 Å². The highest BCUT2D eigenvalue weighted by Gasteiger charge is 2.17. The van der Waals surface area contributed by atoms with Crippen molar-refractivity contribution in [1.82, 2.24) is 4.57 Å². The van der Waals surface area contributed by atoms with Crippen LogP contribution in [-0.4, -0.2) is 17.1 Å². The molecule has 0 spiro atoms. The molecule has 0 amide bonds. The minimum atomic E-state index is -0.138. The van der Waals surface area contributed by atoms with Crippen molar-refractivity contribution in [1.29, 1.82) is 0 Å². The summed E-state index contributed by atoms with van der Waals surface area (Å²) in [5.41, 5.74) is 2.26. The molecule has 3 aromatic rings. The van der Waals surface area contributed by atoms with E-state index in [-0.39, 0.29) is 12.0 Å². The molecule has 0 aliphatic carbocycles. The van der Waals surface area contributed by atoms with Crippen molar-refractivity contribution < 1.29 is 14.3 Å². The minimum absolute atomic E-state index is 0.114. The maximum atomic E-state index is 12.0. The first kappa shape index (κ1) is 19.0. The predicted octanol–water partition coefficient (Wildman–Crippen LogP) is 5.51. The average molecular weight is 365 g/mol. The van der Waals surface area contributed by atoms with E-state index in [1.807, 2.05) is 31.2 Å². The molecule has 0 radical (unpaired) electrons. The molecule has 0 fully saturated rings. The van der Waals surface area contributed by atoms with Gasteiger partial charge >= 0.3 is 5.97 Å². The highest BCUT2D eigenvalue weighted by Crippen LogP contribution is 2.28. The summed E-state index contributed by atoms with van der Waals surface area (Å²) < 4.78 is 13.3. The summed E-state index contributed by atoms with van der Waals surface area (Å²) in [6, 6.07) is 18.5. The van der Waals surface area contributed by atoms with Crippen LogP contribution in [-0.2, 0) is 16.1 Å². The maximum absolute atomic E-state index is 12.0. The van der Waals surface area contributed by atoms with Crippen LogP contribution < -0.4 is 4.74 Å². The molecule has 2 aromatic carbocycles. The van der Waals surface area contributed by atoms with E-state index in [2.05, 4.69) is 48.0 Å². The minimum Gasteiger partial charge on any atom is -0.489 e. The molecule has 0 saturated carbocycles. The lowest BCUT2D eigenvalue weighted by Crippen LogP contribution is -2.15. The molecule has 4 nitrogen and oxygen atoms in total. The van der Waals surface area contributed by atoms with Crippen molar-refractivity contribution in [2.24, 2.45) is 0 Å². The van der Waals surface area contributed by atoms with Crippen LogP contribution in [0.5, 0.6) is 5.75 Å². The lowest BCUT2D eigenvalue weighted by Gasteiger charge is -2.19. The van der Waals surface area contributed by atoms with E-state index >= 15 is 0 Å². The average Bonchev–Trinajstić information content (AvgIpc) is 3.10. The smallest absolute Gasteiger partial charge is 0.307 e. The van der Waals surface area contributed by atoms with E-state index < -0.39 is 0 Å². The Morgan fingerprint density at radius 1 is 1.07 bits per heavy atom. The molecular weight excluding hydrogens is 338 g/mol. The second-order valence-electron chi connectivity index (χ2n) is 6.67. The highest BCUT2D eigenvalue weighted by atomic mass is 16.5. The third kappa shape index (κ3) is 4.91. The van der Waals surface area contributed by atoms with Gasteiger partial charge in [-0.15, -0.1) is 0 Å². The topological polar surface area (TPSA) is 40.5 Å². The van der Waals surface area contributed by atoms with Gasteiger partial charge in [0, 0.05) is 23.1 Å². The highest BCUT2D eigenvalue weighted by molar-refractivity contribution is 5.82. The fraction of sp³-hybridized carbons (Fsp3) is 0.348. The Bertz CT molecular complexity index is 870. The van der Waals surface area contributed by atoms with Crippen LogP contribution >= 0.6 is 0 Å². The van der Waals surface area contributed by atoms with Gasteiger partial charge in [-0.2, -0.15) is 0 Å². The first-order valence-corrected chi connectivity index (χ1v) is 9.64. The van der Waals surface area contributed by atoms with Crippen LogP contribution in [0.2, 0.25) is 0 Å². The van der Waals surface area contributed by atoms with Gasteiger partial charge in [0.15, 0.2) is 0 Å². The molecule has 1 atom stereocenters. The third-order valence-electron chi connectivity index (χ3n) is 4.66. The fourth-order valence-corrected chi connectivity index (χ4v) is 3.38. The van der Waals surface area contributed by atoms with E-state index in [0.29, 0.717) is 19.6 Å². The van der Waals surface area contributed by atoms with Crippen molar-refractivity contribution in [2.45, 2.75) is 45.8 Å². The second-order valence-corrected chi connectivity index (χ2v) is 6.67. The number of carbonyl (C=O) groups excluding carboxylic acids is 1. The van der Waals surface area contributed by atoms with E-state index in [4.69, 9.17) is 9.47 Å². The molecule has 27 heavy (non-hydrogen) atoms. The van der Waals surface area contributed by atoms with Crippen molar-refractivity contribution in [3.05, 3.63) is 66.4 Å². The van der Waals surface area contributed by atoms with Gasteiger partial charge in [0.2, 0.25) is 0 Å². The zero-order chi connectivity index (χ0) is 19.1. The number of ether oxygens (including phenoxy) is 2. The summed E-state index contributed by atoms with van der Waals surface area (Å²) in [7, 11) is 0. The van der Waals surface area contributed by atoms with Crippen molar-refractivity contribution in [2.75, 3.05) is 6.61 Å². The van der Waals surface area contributed by atoms with E-state index in [9.17, 15) is 4.79 Å². The number of benzene rings is 2. The number of nitrogens with zero attached hydrogens (tertiary/aromatic N) is 1. The lowest BCUT2D eigenvalue weighted by atomic mass is 10.1. The quantitative estimate of drug-likeness (QED) is 0.469. The predicted molar refractivity (Wildman–Crippen MR) is 108 cm³/mol. The van der Waals surface area contributed by atoms with Gasteiger partial charge in [-0.3, -0.25) is 4.79 Å². The number of esters is 1. The Kier molecular flexibility index (Phi) is 6.53. The first-order chi connectivity index (χ1) is 13.2. The van der Waals surface area contributed by atoms with Crippen LogP contribution in [0.3, 0.4) is 0 Å². The molecule has 0 saturated heterocycles. The normalized spacial score (nSPS) is 12.1. The van der Waals surface area contributed by atoms with E-state index in [1.54, 1.807) is 0 Å². The monoisotopic (exact) mass is 365 g/mol.